The van der Waals surface area contributed by atoms with Crippen LogP contribution < -0.4 is 5.32 Å². The van der Waals surface area contributed by atoms with Crippen molar-refractivity contribution in [3.8, 4) is 0 Å². The van der Waals surface area contributed by atoms with E-state index in [4.69, 9.17) is 4.74 Å². The molecule has 0 spiro atoms. The Kier molecular flexibility index (Phi) is 7.68. The lowest BCUT2D eigenvalue weighted by molar-refractivity contribution is 0.119. The van der Waals surface area contributed by atoms with Gasteiger partial charge in [0.05, 0.1) is 13.2 Å². The predicted octanol–water partition coefficient (Wildman–Crippen LogP) is 1.61. The maximum Gasteiger partial charge on any atom is 0.317 e. The fraction of sp³-hybridized carbons (Fsp3) is 0.571. The van der Waals surface area contributed by atoms with E-state index in [-0.39, 0.29) is 6.03 Å². The number of hydrogen-bond acceptors (Lipinski definition) is 4. The zero-order chi connectivity index (χ0) is 18.9. The Balaban J connectivity index is 1.34. The lowest BCUT2D eigenvalue weighted by atomic mass is 10.1. The first kappa shape index (κ1) is 19.9. The molecule has 27 heavy (non-hydrogen) atoms. The van der Waals surface area contributed by atoms with E-state index in [2.05, 4.69) is 58.6 Å². The number of piperazine rings is 1. The summed E-state index contributed by atoms with van der Waals surface area (Å²) in [6, 6.07) is 10.4. The number of nitrogens with one attached hydrogen (secondary N) is 1. The van der Waals surface area contributed by atoms with Crippen LogP contribution in [0.15, 0.2) is 36.4 Å². The number of nitrogens with zero attached hydrogens (tertiary/aromatic N) is 3. The number of rotatable bonds is 5. The Morgan fingerprint density at radius 1 is 1.19 bits per heavy atom. The van der Waals surface area contributed by atoms with Gasteiger partial charge in [-0.3, -0.25) is 4.90 Å². The molecule has 6 heteroatoms. The summed E-state index contributed by atoms with van der Waals surface area (Å²) >= 11 is 0. The molecule has 2 heterocycles. The van der Waals surface area contributed by atoms with Crippen LogP contribution >= 0.6 is 0 Å². The third-order valence-corrected chi connectivity index (χ3v) is 5.22. The molecule has 148 valence electrons. The van der Waals surface area contributed by atoms with E-state index in [1.165, 1.54) is 5.56 Å². The van der Waals surface area contributed by atoms with E-state index in [0.717, 1.165) is 59.0 Å². The summed E-state index contributed by atoms with van der Waals surface area (Å²) in [7, 11) is 2.11. The van der Waals surface area contributed by atoms with Crippen LogP contribution in [0.4, 0.5) is 4.79 Å². The molecule has 0 aromatic heterocycles. The van der Waals surface area contributed by atoms with Crippen LogP contribution in [0.3, 0.4) is 0 Å². The normalized spacial score (nSPS) is 22.7. The van der Waals surface area contributed by atoms with Gasteiger partial charge in [0.15, 0.2) is 0 Å². The number of likely N-dealkylation sites (N-methyl/N-ethyl adjacent to an activating group) is 1. The number of ether oxygens (including phenoxy) is 1. The molecular weight excluding hydrogens is 340 g/mol. The standard InChI is InChI=1S/C21H32N4O2/c1-23-14-15-27-18-20(17-23)16-22-21(26)25-12-10-24(11-13-25)9-5-8-19-6-3-2-4-7-19/h2-8,20H,9-18H2,1H3,(H,22,26)/b8-5+/t20-/m0/s1. The van der Waals surface area contributed by atoms with Crippen molar-refractivity contribution in [1.82, 2.24) is 20.0 Å². The van der Waals surface area contributed by atoms with Crippen molar-refractivity contribution in [3.05, 3.63) is 42.0 Å². The van der Waals surface area contributed by atoms with E-state index in [0.29, 0.717) is 12.5 Å². The van der Waals surface area contributed by atoms with E-state index in [1.807, 2.05) is 11.0 Å². The second-order valence-corrected chi connectivity index (χ2v) is 7.49. The van der Waals surface area contributed by atoms with Gasteiger partial charge in [0.25, 0.3) is 0 Å². The molecule has 2 aliphatic rings. The molecule has 1 N–H and O–H groups in total. The first-order valence-electron chi connectivity index (χ1n) is 9.94. The second-order valence-electron chi connectivity index (χ2n) is 7.49. The van der Waals surface area contributed by atoms with E-state index in [9.17, 15) is 4.79 Å². The highest BCUT2D eigenvalue weighted by Gasteiger charge is 2.22. The average Bonchev–Trinajstić information content (AvgIpc) is 2.91. The van der Waals surface area contributed by atoms with Crippen molar-refractivity contribution in [1.29, 1.82) is 0 Å². The molecule has 0 saturated carbocycles. The van der Waals surface area contributed by atoms with Gasteiger partial charge in [-0.2, -0.15) is 0 Å². The number of urea groups is 1. The van der Waals surface area contributed by atoms with Crippen molar-refractivity contribution < 1.29 is 9.53 Å². The van der Waals surface area contributed by atoms with Crippen molar-refractivity contribution in [2.75, 3.05) is 72.6 Å². The van der Waals surface area contributed by atoms with Crippen LogP contribution in [-0.2, 0) is 4.74 Å². The third-order valence-electron chi connectivity index (χ3n) is 5.22. The smallest absolute Gasteiger partial charge is 0.317 e. The highest BCUT2D eigenvalue weighted by atomic mass is 16.5. The van der Waals surface area contributed by atoms with E-state index >= 15 is 0 Å². The van der Waals surface area contributed by atoms with Gasteiger partial charge in [-0.25, -0.2) is 4.79 Å². The zero-order valence-electron chi connectivity index (χ0n) is 16.3. The lowest BCUT2D eigenvalue weighted by Crippen LogP contribution is -2.52. The Morgan fingerprint density at radius 3 is 2.74 bits per heavy atom. The Hall–Kier alpha value is -1.89. The molecule has 6 nitrogen and oxygen atoms in total. The van der Waals surface area contributed by atoms with Crippen LogP contribution in [0.2, 0.25) is 0 Å². The predicted molar refractivity (Wildman–Crippen MR) is 109 cm³/mol. The van der Waals surface area contributed by atoms with Crippen LogP contribution in [0.5, 0.6) is 0 Å². The fourth-order valence-corrected chi connectivity index (χ4v) is 3.56. The highest BCUT2D eigenvalue weighted by molar-refractivity contribution is 5.74. The summed E-state index contributed by atoms with van der Waals surface area (Å²) in [5.41, 5.74) is 1.23. The summed E-state index contributed by atoms with van der Waals surface area (Å²) < 4.78 is 5.62. The van der Waals surface area contributed by atoms with Gasteiger partial charge < -0.3 is 19.9 Å². The topological polar surface area (TPSA) is 48.1 Å². The molecule has 1 aromatic rings. The summed E-state index contributed by atoms with van der Waals surface area (Å²) in [4.78, 5) is 19.0. The van der Waals surface area contributed by atoms with Crippen LogP contribution in [0.25, 0.3) is 6.08 Å². The summed E-state index contributed by atoms with van der Waals surface area (Å²) in [6.45, 7) is 8.46. The molecular formula is C21H32N4O2. The minimum Gasteiger partial charge on any atom is -0.380 e. The minimum atomic E-state index is 0.0568. The molecule has 2 amide bonds. The van der Waals surface area contributed by atoms with Crippen molar-refractivity contribution in [2.24, 2.45) is 5.92 Å². The van der Waals surface area contributed by atoms with Crippen molar-refractivity contribution in [2.45, 2.75) is 0 Å². The molecule has 1 aromatic carbocycles. The van der Waals surface area contributed by atoms with Crippen LogP contribution in [0.1, 0.15) is 5.56 Å². The molecule has 3 rings (SSSR count). The van der Waals surface area contributed by atoms with Crippen LogP contribution in [-0.4, -0.2) is 93.4 Å². The van der Waals surface area contributed by atoms with Gasteiger partial charge in [-0.1, -0.05) is 42.5 Å². The van der Waals surface area contributed by atoms with E-state index < -0.39 is 0 Å². The number of benzene rings is 1. The maximum atomic E-state index is 12.4. The first-order chi connectivity index (χ1) is 13.2. The van der Waals surface area contributed by atoms with Gasteiger partial charge in [0.1, 0.15) is 0 Å². The Labute approximate surface area is 162 Å². The largest absolute Gasteiger partial charge is 0.380 e. The SMILES string of the molecule is CN1CCOC[C@@H](CNC(=O)N2CCN(C/C=C/c3ccccc3)CC2)C1. The lowest BCUT2D eigenvalue weighted by Gasteiger charge is -2.34. The summed E-state index contributed by atoms with van der Waals surface area (Å²) in [5, 5.41) is 3.10. The number of carbonyl (C=O) groups is 1. The maximum absolute atomic E-state index is 12.4. The van der Waals surface area contributed by atoms with Gasteiger partial charge in [-0.15, -0.1) is 0 Å². The molecule has 2 fully saturated rings. The molecule has 0 unspecified atom stereocenters. The molecule has 0 aliphatic carbocycles. The van der Waals surface area contributed by atoms with Gasteiger partial charge in [0.2, 0.25) is 0 Å². The van der Waals surface area contributed by atoms with Gasteiger partial charge >= 0.3 is 6.03 Å². The molecule has 0 radical (unpaired) electrons. The molecule has 2 aliphatic heterocycles. The fourth-order valence-electron chi connectivity index (χ4n) is 3.56. The van der Waals surface area contributed by atoms with Crippen LogP contribution in [0, 0.1) is 5.92 Å². The van der Waals surface area contributed by atoms with Crippen molar-refractivity contribution >= 4 is 12.1 Å². The Morgan fingerprint density at radius 2 is 1.96 bits per heavy atom. The number of amides is 2. The number of hydrogen-bond donors (Lipinski definition) is 1. The first-order valence-corrected chi connectivity index (χ1v) is 9.94. The van der Waals surface area contributed by atoms with Crippen molar-refractivity contribution in [3.63, 3.8) is 0 Å². The summed E-state index contributed by atoms with van der Waals surface area (Å²) in [5.74, 6) is 0.367. The average molecular weight is 373 g/mol. The minimum absolute atomic E-state index is 0.0568. The Bertz CT molecular complexity index is 599. The number of carbonyl (C=O) groups excluding carboxylic acids is 1. The molecule has 2 saturated heterocycles. The zero-order valence-corrected chi connectivity index (χ0v) is 16.3. The second kappa shape index (κ2) is 10.4. The molecule has 1 atom stereocenters. The molecule has 0 bridgehead atoms. The van der Waals surface area contributed by atoms with Gasteiger partial charge in [0, 0.05) is 58.3 Å². The quantitative estimate of drug-likeness (QED) is 0.853. The van der Waals surface area contributed by atoms with E-state index in [1.54, 1.807) is 0 Å². The van der Waals surface area contributed by atoms with Gasteiger partial charge in [-0.05, 0) is 12.6 Å². The monoisotopic (exact) mass is 372 g/mol. The summed E-state index contributed by atoms with van der Waals surface area (Å²) in [6.07, 6.45) is 4.36. The third kappa shape index (κ3) is 6.65. The highest BCUT2D eigenvalue weighted by Crippen LogP contribution is 2.07.